The quantitative estimate of drug-likeness (QED) is 0.716. The average Bonchev–Trinajstić information content (AvgIpc) is 3.26. The van der Waals surface area contributed by atoms with Crippen LogP contribution in [0.5, 0.6) is 0 Å². The van der Waals surface area contributed by atoms with E-state index in [0.717, 1.165) is 52.8 Å². The molecule has 2 heterocycles. The summed E-state index contributed by atoms with van der Waals surface area (Å²) in [6.07, 6.45) is 6.70. The third-order valence-corrected chi connectivity index (χ3v) is 6.10. The van der Waals surface area contributed by atoms with Gasteiger partial charge in [0.15, 0.2) is 0 Å². The van der Waals surface area contributed by atoms with Crippen LogP contribution < -0.4 is 5.56 Å². The Bertz CT molecular complexity index is 897. The molecule has 1 saturated carbocycles. The lowest BCUT2D eigenvalue weighted by atomic mass is 9.34. The molecule has 6 heteroatoms. The van der Waals surface area contributed by atoms with Gasteiger partial charge in [0.1, 0.15) is 0 Å². The number of nitriles is 1. The van der Waals surface area contributed by atoms with E-state index in [1.165, 1.54) is 0 Å². The SMILES string of the molecule is Cc1cc(Br)cc2cnn(C3CCB(C#N)C4(CC4)C3)c(=O)c12. The summed E-state index contributed by atoms with van der Waals surface area (Å²) in [7, 11) is 0. The van der Waals surface area contributed by atoms with Gasteiger partial charge >= 0.3 is 0 Å². The van der Waals surface area contributed by atoms with Crippen molar-refractivity contribution in [1.82, 2.24) is 9.78 Å². The summed E-state index contributed by atoms with van der Waals surface area (Å²) in [5, 5.41) is 15.6. The molecule has 2 aromatic rings. The fraction of sp³-hybridized carbons (Fsp3) is 0.471. The van der Waals surface area contributed by atoms with Gasteiger partial charge in [0.25, 0.3) is 12.3 Å². The van der Waals surface area contributed by atoms with Crippen molar-refractivity contribution in [2.24, 2.45) is 0 Å². The second-order valence-corrected chi connectivity index (χ2v) is 7.98. The second-order valence-electron chi connectivity index (χ2n) is 7.06. The van der Waals surface area contributed by atoms with Gasteiger partial charge in [-0.15, -0.1) is 0 Å². The highest BCUT2D eigenvalue weighted by Gasteiger charge is 2.55. The van der Waals surface area contributed by atoms with Gasteiger partial charge in [0, 0.05) is 15.8 Å². The third kappa shape index (κ3) is 2.33. The number of nitrogens with zero attached hydrogens (tertiary/aromatic N) is 3. The lowest BCUT2D eigenvalue weighted by molar-refractivity contribution is 0.366. The molecule has 0 radical (unpaired) electrons. The van der Waals surface area contributed by atoms with Crippen molar-refractivity contribution in [2.45, 2.75) is 50.3 Å². The fourth-order valence-electron chi connectivity index (χ4n) is 4.22. The number of fused-ring (bicyclic) bond motifs is 1. The first-order valence-corrected chi connectivity index (χ1v) is 8.91. The molecule has 1 aromatic carbocycles. The fourth-order valence-corrected chi connectivity index (χ4v) is 4.81. The molecule has 0 amide bonds. The molecule has 1 spiro atoms. The minimum Gasteiger partial charge on any atom is -0.267 e. The monoisotopic (exact) mass is 369 g/mol. The van der Waals surface area contributed by atoms with Crippen LogP contribution in [-0.4, -0.2) is 16.5 Å². The molecule has 116 valence electrons. The zero-order chi connectivity index (χ0) is 16.2. The van der Waals surface area contributed by atoms with Crippen LogP contribution in [0, 0.1) is 18.2 Å². The Morgan fingerprint density at radius 2 is 2.26 bits per heavy atom. The summed E-state index contributed by atoms with van der Waals surface area (Å²) >= 11 is 3.47. The summed E-state index contributed by atoms with van der Waals surface area (Å²) in [4.78, 5) is 13.0. The minimum absolute atomic E-state index is 0.00343. The highest BCUT2D eigenvalue weighted by atomic mass is 79.9. The highest BCUT2D eigenvalue weighted by Crippen LogP contribution is 2.64. The van der Waals surface area contributed by atoms with E-state index < -0.39 is 0 Å². The van der Waals surface area contributed by atoms with Crippen LogP contribution in [0.4, 0.5) is 0 Å². The number of aromatic nitrogens is 2. The molecule has 1 aromatic heterocycles. The molecule has 4 rings (SSSR count). The molecule has 23 heavy (non-hydrogen) atoms. The summed E-state index contributed by atoms with van der Waals surface area (Å²) in [6.45, 7) is 2.13. The van der Waals surface area contributed by atoms with Crippen molar-refractivity contribution in [3.05, 3.63) is 38.7 Å². The normalized spacial score (nSPS) is 22.3. The van der Waals surface area contributed by atoms with E-state index in [2.05, 4.69) is 27.0 Å². The average molecular weight is 370 g/mol. The van der Waals surface area contributed by atoms with Crippen molar-refractivity contribution >= 4 is 33.4 Å². The molecule has 1 unspecified atom stereocenters. The molecule has 2 aliphatic rings. The lowest BCUT2D eigenvalue weighted by Crippen LogP contribution is -2.35. The second kappa shape index (κ2) is 5.20. The maximum Gasteiger partial charge on any atom is 0.275 e. The molecular formula is C17H17BBrN3O. The van der Waals surface area contributed by atoms with Crippen LogP contribution in [0.3, 0.4) is 0 Å². The Morgan fingerprint density at radius 1 is 1.48 bits per heavy atom. The van der Waals surface area contributed by atoms with Gasteiger partial charge in [-0.1, -0.05) is 35.1 Å². The predicted octanol–water partition coefficient (Wildman–Crippen LogP) is 3.89. The Balaban J connectivity index is 1.77. The first kappa shape index (κ1) is 15.0. The molecule has 1 aliphatic heterocycles. The van der Waals surface area contributed by atoms with Gasteiger partial charge in [-0.05, 0) is 42.8 Å². The van der Waals surface area contributed by atoms with Gasteiger partial charge < -0.3 is 0 Å². The summed E-state index contributed by atoms with van der Waals surface area (Å²) in [5.74, 6) is 2.48. The van der Waals surface area contributed by atoms with Crippen molar-refractivity contribution < 1.29 is 0 Å². The zero-order valence-electron chi connectivity index (χ0n) is 13.1. The Kier molecular flexibility index (Phi) is 3.38. The van der Waals surface area contributed by atoms with E-state index in [1.807, 2.05) is 19.1 Å². The van der Waals surface area contributed by atoms with Crippen molar-refractivity contribution in [1.29, 1.82) is 5.26 Å². The van der Waals surface area contributed by atoms with Crippen LogP contribution >= 0.6 is 15.9 Å². The summed E-state index contributed by atoms with van der Waals surface area (Å²) in [5.41, 5.74) is 0.978. The van der Waals surface area contributed by atoms with E-state index in [-0.39, 0.29) is 23.6 Å². The van der Waals surface area contributed by atoms with Gasteiger partial charge in [0.05, 0.1) is 17.6 Å². The summed E-state index contributed by atoms with van der Waals surface area (Å²) in [6, 6.07) is 4.04. The number of aryl methyl sites for hydroxylation is 1. The standard InChI is InChI=1S/C17H17BBrN3O/c1-11-6-13(19)7-12-9-21-22(16(23)15(11)12)14-2-5-18(10-20)17(8-14)3-4-17/h6-7,9,14H,2-5,8H2,1H3. The molecule has 0 N–H and O–H groups in total. The Hall–Kier alpha value is -1.61. The van der Waals surface area contributed by atoms with Crippen LogP contribution in [0.1, 0.15) is 37.3 Å². The maximum atomic E-state index is 13.0. The van der Waals surface area contributed by atoms with E-state index in [1.54, 1.807) is 10.9 Å². The molecular weight excluding hydrogens is 353 g/mol. The number of halogens is 1. The number of hydrogen-bond donors (Lipinski definition) is 0. The summed E-state index contributed by atoms with van der Waals surface area (Å²) < 4.78 is 2.64. The zero-order valence-corrected chi connectivity index (χ0v) is 14.6. The van der Waals surface area contributed by atoms with E-state index in [0.29, 0.717) is 0 Å². The first-order valence-electron chi connectivity index (χ1n) is 8.11. The third-order valence-electron chi connectivity index (χ3n) is 5.64. The van der Waals surface area contributed by atoms with Gasteiger partial charge in [-0.25, -0.2) is 9.94 Å². The van der Waals surface area contributed by atoms with Crippen molar-refractivity contribution in [3.63, 3.8) is 0 Å². The maximum absolute atomic E-state index is 13.0. The first-order chi connectivity index (χ1) is 11.0. The Labute approximate surface area is 143 Å². The molecule has 1 aliphatic carbocycles. The van der Waals surface area contributed by atoms with Crippen LogP contribution in [-0.2, 0) is 0 Å². The van der Waals surface area contributed by atoms with Gasteiger partial charge in [0.2, 0.25) is 0 Å². The van der Waals surface area contributed by atoms with Crippen molar-refractivity contribution in [2.75, 3.05) is 0 Å². The number of hydrogen-bond acceptors (Lipinski definition) is 3. The number of benzene rings is 1. The molecule has 0 bridgehead atoms. The van der Waals surface area contributed by atoms with E-state index in [9.17, 15) is 10.1 Å². The molecule has 2 fully saturated rings. The smallest absolute Gasteiger partial charge is 0.267 e. The molecule has 1 saturated heterocycles. The highest BCUT2D eigenvalue weighted by molar-refractivity contribution is 9.10. The predicted molar refractivity (Wildman–Crippen MR) is 94.8 cm³/mol. The van der Waals surface area contributed by atoms with Crippen LogP contribution in [0.2, 0.25) is 11.6 Å². The largest absolute Gasteiger partial charge is 0.275 e. The van der Waals surface area contributed by atoms with E-state index >= 15 is 0 Å². The van der Waals surface area contributed by atoms with E-state index in [4.69, 9.17) is 0 Å². The number of rotatable bonds is 1. The van der Waals surface area contributed by atoms with Crippen LogP contribution in [0.25, 0.3) is 10.8 Å². The Morgan fingerprint density at radius 3 is 2.96 bits per heavy atom. The lowest BCUT2D eigenvalue weighted by Gasteiger charge is -2.31. The topological polar surface area (TPSA) is 58.7 Å². The van der Waals surface area contributed by atoms with Gasteiger partial charge in [-0.2, -0.15) is 5.10 Å². The molecule has 4 nitrogen and oxygen atoms in total. The van der Waals surface area contributed by atoms with Crippen LogP contribution in [0.15, 0.2) is 27.6 Å². The minimum atomic E-state index is 0.00343. The van der Waals surface area contributed by atoms with Gasteiger partial charge in [-0.3, -0.25) is 4.79 Å². The van der Waals surface area contributed by atoms with Crippen molar-refractivity contribution in [3.8, 4) is 5.97 Å². The molecule has 1 atom stereocenters.